The summed E-state index contributed by atoms with van der Waals surface area (Å²) in [4.78, 5) is 19.4. The number of benzene rings is 2. The number of ether oxygens (including phenoxy) is 1. The number of carbonyl (C=O) groups excluding carboxylic acids is 1. The van der Waals surface area contributed by atoms with Crippen LogP contribution in [-0.4, -0.2) is 34.5 Å². The highest BCUT2D eigenvalue weighted by molar-refractivity contribution is 5.95. The van der Waals surface area contributed by atoms with E-state index in [9.17, 15) is 4.79 Å². The Labute approximate surface area is 166 Å². The lowest BCUT2D eigenvalue weighted by Crippen LogP contribution is -2.29. The number of carbonyl (C=O) groups is 1. The van der Waals surface area contributed by atoms with Crippen molar-refractivity contribution < 1.29 is 9.53 Å². The van der Waals surface area contributed by atoms with Gasteiger partial charge in [-0.25, -0.2) is 4.98 Å². The molecule has 0 aliphatic heterocycles. The molecule has 146 valence electrons. The number of methoxy groups -OCH3 is 1. The Morgan fingerprint density at radius 1 is 1.11 bits per heavy atom. The van der Waals surface area contributed by atoms with Crippen LogP contribution < -0.4 is 4.74 Å². The average Bonchev–Trinajstić information content (AvgIpc) is 3.22. The second kappa shape index (κ2) is 8.30. The molecule has 0 fully saturated rings. The van der Waals surface area contributed by atoms with Crippen LogP contribution in [-0.2, 0) is 0 Å². The highest BCUT2D eigenvalue weighted by Gasteiger charge is 2.20. The van der Waals surface area contributed by atoms with E-state index in [2.05, 4.69) is 23.4 Å². The van der Waals surface area contributed by atoms with Gasteiger partial charge in [-0.05, 0) is 50.6 Å². The van der Waals surface area contributed by atoms with Crippen molar-refractivity contribution in [3.63, 3.8) is 0 Å². The summed E-state index contributed by atoms with van der Waals surface area (Å²) in [5.74, 6) is 1.63. The van der Waals surface area contributed by atoms with Crippen molar-refractivity contribution in [1.29, 1.82) is 0 Å². The minimum absolute atomic E-state index is 0.0279. The Balaban J connectivity index is 1.87. The maximum absolute atomic E-state index is 13.1. The van der Waals surface area contributed by atoms with Gasteiger partial charge in [-0.2, -0.15) is 0 Å². The van der Waals surface area contributed by atoms with Crippen molar-refractivity contribution >= 4 is 5.91 Å². The van der Waals surface area contributed by atoms with Crippen LogP contribution in [0.1, 0.15) is 48.8 Å². The Morgan fingerprint density at radius 2 is 1.86 bits per heavy atom. The van der Waals surface area contributed by atoms with Gasteiger partial charge in [-0.1, -0.05) is 24.3 Å². The van der Waals surface area contributed by atoms with Crippen molar-refractivity contribution in [3.8, 4) is 17.1 Å². The fraction of sp³-hybridized carbons (Fsp3) is 0.304. The summed E-state index contributed by atoms with van der Waals surface area (Å²) >= 11 is 0. The Morgan fingerprint density at radius 3 is 2.57 bits per heavy atom. The van der Waals surface area contributed by atoms with Gasteiger partial charge in [0.15, 0.2) is 0 Å². The highest BCUT2D eigenvalue weighted by Crippen LogP contribution is 2.26. The van der Waals surface area contributed by atoms with E-state index in [0.717, 1.165) is 22.7 Å². The standard InChI is InChI=1S/C23H27N3O2/c1-16(2)26-13-12-24-22(26)19-9-6-10-20(14-19)23(27)25(4)17(3)18-8-7-11-21(15-18)28-5/h6-17H,1-5H3/t17-/m1/s1. The predicted octanol–water partition coefficient (Wildman–Crippen LogP) is 4.97. The van der Waals surface area contributed by atoms with Gasteiger partial charge < -0.3 is 14.2 Å². The molecule has 0 spiro atoms. The molecule has 0 N–H and O–H groups in total. The van der Waals surface area contributed by atoms with Gasteiger partial charge >= 0.3 is 0 Å². The summed E-state index contributed by atoms with van der Waals surface area (Å²) in [7, 11) is 3.47. The third-order valence-corrected chi connectivity index (χ3v) is 5.07. The fourth-order valence-corrected chi connectivity index (χ4v) is 3.25. The number of rotatable bonds is 6. The minimum atomic E-state index is -0.0797. The monoisotopic (exact) mass is 377 g/mol. The van der Waals surface area contributed by atoms with Gasteiger partial charge in [0.1, 0.15) is 11.6 Å². The van der Waals surface area contributed by atoms with Gasteiger partial charge in [0.25, 0.3) is 5.91 Å². The van der Waals surface area contributed by atoms with Gasteiger partial charge in [-0.3, -0.25) is 4.79 Å². The molecule has 5 heteroatoms. The fourth-order valence-electron chi connectivity index (χ4n) is 3.25. The first-order valence-corrected chi connectivity index (χ1v) is 9.46. The van der Waals surface area contributed by atoms with Crippen LogP contribution in [0.2, 0.25) is 0 Å². The molecular weight excluding hydrogens is 350 g/mol. The molecule has 1 aromatic heterocycles. The van der Waals surface area contributed by atoms with E-state index in [1.54, 1.807) is 18.2 Å². The summed E-state index contributed by atoms with van der Waals surface area (Å²) in [5.41, 5.74) is 2.61. The molecule has 3 rings (SSSR count). The van der Waals surface area contributed by atoms with Gasteiger partial charge in [0.2, 0.25) is 0 Å². The smallest absolute Gasteiger partial charge is 0.254 e. The first-order valence-electron chi connectivity index (χ1n) is 9.46. The number of aromatic nitrogens is 2. The SMILES string of the molecule is COc1cccc([C@@H](C)N(C)C(=O)c2cccc(-c3nccn3C(C)C)c2)c1. The van der Waals surface area contributed by atoms with Crippen molar-refractivity contribution in [3.05, 3.63) is 72.1 Å². The molecule has 28 heavy (non-hydrogen) atoms. The number of hydrogen-bond acceptors (Lipinski definition) is 3. The van der Waals surface area contributed by atoms with Crippen molar-refractivity contribution in [2.45, 2.75) is 32.9 Å². The van der Waals surface area contributed by atoms with Crippen LogP contribution >= 0.6 is 0 Å². The normalized spacial score (nSPS) is 12.1. The molecule has 0 saturated carbocycles. The summed E-state index contributed by atoms with van der Waals surface area (Å²) < 4.78 is 7.41. The van der Waals surface area contributed by atoms with E-state index in [-0.39, 0.29) is 11.9 Å². The molecule has 1 heterocycles. The number of nitrogens with zero attached hydrogens (tertiary/aromatic N) is 3. The Kier molecular flexibility index (Phi) is 5.83. The lowest BCUT2D eigenvalue weighted by Gasteiger charge is -2.26. The summed E-state index contributed by atoms with van der Waals surface area (Å²) in [6, 6.07) is 15.7. The van der Waals surface area contributed by atoms with E-state index in [4.69, 9.17) is 4.74 Å². The zero-order chi connectivity index (χ0) is 20.3. The molecule has 0 unspecified atom stereocenters. The second-order valence-corrected chi connectivity index (χ2v) is 7.20. The molecule has 0 bridgehead atoms. The lowest BCUT2D eigenvalue weighted by molar-refractivity contribution is 0.0742. The van der Waals surface area contributed by atoms with E-state index < -0.39 is 0 Å². The lowest BCUT2D eigenvalue weighted by atomic mass is 10.0. The van der Waals surface area contributed by atoms with Crippen LogP contribution in [0.25, 0.3) is 11.4 Å². The van der Waals surface area contributed by atoms with E-state index >= 15 is 0 Å². The van der Waals surface area contributed by atoms with Gasteiger partial charge in [0, 0.05) is 36.6 Å². The largest absolute Gasteiger partial charge is 0.497 e. The number of imidazole rings is 1. The Bertz CT molecular complexity index is 962. The molecule has 1 amide bonds. The molecular formula is C23H27N3O2. The van der Waals surface area contributed by atoms with Crippen LogP contribution in [0.5, 0.6) is 5.75 Å². The molecule has 3 aromatic rings. The van der Waals surface area contributed by atoms with Crippen molar-refractivity contribution in [2.75, 3.05) is 14.2 Å². The van der Waals surface area contributed by atoms with Gasteiger partial charge in [-0.15, -0.1) is 0 Å². The molecule has 1 atom stereocenters. The first kappa shape index (κ1) is 19.7. The highest BCUT2D eigenvalue weighted by atomic mass is 16.5. The molecule has 0 radical (unpaired) electrons. The molecule has 5 nitrogen and oxygen atoms in total. The summed E-state index contributed by atoms with van der Waals surface area (Å²) in [5, 5.41) is 0. The predicted molar refractivity (Wildman–Crippen MR) is 112 cm³/mol. The van der Waals surface area contributed by atoms with Crippen molar-refractivity contribution in [1.82, 2.24) is 14.5 Å². The van der Waals surface area contributed by atoms with E-state index in [1.165, 1.54) is 0 Å². The zero-order valence-corrected chi connectivity index (χ0v) is 17.1. The van der Waals surface area contributed by atoms with Crippen LogP contribution in [0.4, 0.5) is 0 Å². The second-order valence-electron chi connectivity index (χ2n) is 7.20. The maximum atomic E-state index is 13.1. The molecule has 0 aliphatic carbocycles. The average molecular weight is 377 g/mol. The quantitative estimate of drug-likeness (QED) is 0.609. The van der Waals surface area contributed by atoms with E-state index in [0.29, 0.717) is 11.6 Å². The van der Waals surface area contributed by atoms with Crippen LogP contribution in [0.15, 0.2) is 60.9 Å². The zero-order valence-electron chi connectivity index (χ0n) is 17.1. The third-order valence-electron chi connectivity index (χ3n) is 5.07. The van der Waals surface area contributed by atoms with Crippen LogP contribution in [0.3, 0.4) is 0 Å². The summed E-state index contributed by atoms with van der Waals surface area (Å²) in [6.45, 7) is 6.25. The molecule has 0 aliphatic rings. The molecule has 0 saturated heterocycles. The van der Waals surface area contributed by atoms with E-state index in [1.807, 2.05) is 68.7 Å². The van der Waals surface area contributed by atoms with Gasteiger partial charge in [0.05, 0.1) is 13.2 Å². The number of hydrogen-bond donors (Lipinski definition) is 0. The van der Waals surface area contributed by atoms with Crippen molar-refractivity contribution in [2.24, 2.45) is 0 Å². The minimum Gasteiger partial charge on any atom is -0.497 e. The number of amides is 1. The topological polar surface area (TPSA) is 47.4 Å². The third kappa shape index (κ3) is 3.93. The van der Waals surface area contributed by atoms with Crippen LogP contribution in [0, 0.1) is 0 Å². The Hall–Kier alpha value is -3.08. The maximum Gasteiger partial charge on any atom is 0.254 e. The summed E-state index contributed by atoms with van der Waals surface area (Å²) in [6.07, 6.45) is 3.76. The molecule has 2 aromatic carbocycles. The first-order chi connectivity index (χ1) is 13.4.